The van der Waals surface area contributed by atoms with Gasteiger partial charge in [-0.15, -0.1) is 0 Å². The van der Waals surface area contributed by atoms with Crippen molar-refractivity contribution in [3.8, 4) is 0 Å². The molecule has 3 rings (SSSR count). The van der Waals surface area contributed by atoms with Gasteiger partial charge in [-0.1, -0.05) is 11.3 Å². The summed E-state index contributed by atoms with van der Waals surface area (Å²) >= 11 is 4.44. The first-order valence-corrected chi connectivity index (χ1v) is 7.82. The van der Waals surface area contributed by atoms with Gasteiger partial charge in [-0.2, -0.15) is 0 Å². The lowest BCUT2D eigenvalue weighted by Gasteiger charge is -2.09. The smallest absolute Gasteiger partial charge is 0.308 e. The second kappa shape index (κ2) is 5.34. The Morgan fingerprint density at radius 1 is 1.53 bits per heavy atom. The summed E-state index contributed by atoms with van der Waals surface area (Å²) in [5.74, 6) is 0.207. The molecule has 0 amide bonds. The lowest BCUT2D eigenvalue weighted by Crippen LogP contribution is -2.15. The minimum absolute atomic E-state index is 0.0276. The van der Waals surface area contributed by atoms with Crippen molar-refractivity contribution in [3.05, 3.63) is 32.1 Å². The van der Waals surface area contributed by atoms with Crippen LogP contribution in [0.4, 0.5) is 4.39 Å². The molecule has 1 aromatic carbocycles. The Morgan fingerprint density at radius 2 is 2.37 bits per heavy atom. The fraction of sp³-hybridized carbons (Fsp3) is 0.462. The molecule has 0 spiro atoms. The van der Waals surface area contributed by atoms with Gasteiger partial charge < -0.3 is 4.74 Å². The van der Waals surface area contributed by atoms with Crippen molar-refractivity contribution >= 4 is 37.5 Å². The standard InChI is InChI=1S/C13H13BrFNO2S/c14-10-5-9(15)6-11-12(10)16(13(17)19-11)3-1-8-2-4-18-7-8/h5-6,8H,1-4,7H2. The average Bonchev–Trinajstić information content (AvgIpc) is 2.93. The fourth-order valence-electron chi connectivity index (χ4n) is 2.45. The van der Waals surface area contributed by atoms with Crippen LogP contribution in [0, 0.1) is 11.7 Å². The Kier molecular flexibility index (Phi) is 3.73. The van der Waals surface area contributed by atoms with Crippen LogP contribution < -0.4 is 4.87 Å². The predicted octanol–water partition coefficient (Wildman–Crippen LogP) is 3.39. The highest BCUT2D eigenvalue weighted by atomic mass is 79.9. The van der Waals surface area contributed by atoms with Gasteiger partial charge in [0.2, 0.25) is 0 Å². The zero-order chi connectivity index (χ0) is 13.4. The zero-order valence-electron chi connectivity index (χ0n) is 10.2. The van der Waals surface area contributed by atoms with Gasteiger partial charge in [-0.25, -0.2) is 4.39 Å². The Morgan fingerprint density at radius 3 is 3.11 bits per heavy atom. The van der Waals surface area contributed by atoms with Gasteiger partial charge in [-0.05, 0) is 46.8 Å². The number of aryl methyl sites for hydroxylation is 1. The molecule has 1 fully saturated rings. The molecule has 102 valence electrons. The maximum absolute atomic E-state index is 13.3. The quantitative estimate of drug-likeness (QED) is 0.853. The maximum atomic E-state index is 13.3. The number of rotatable bonds is 3. The molecule has 1 saturated heterocycles. The topological polar surface area (TPSA) is 31.2 Å². The van der Waals surface area contributed by atoms with Crippen molar-refractivity contribution in [1.29, 1.82) is 0 Å². The zero-order valence-corrected chi connectivity index (χ0v) is 12.6. The Labute approximate surface area is 122 Å². The van der Waals surface area contributed by atoms with Crippen LogP contribution in [0.15, 0.2) is 21.4 Å². The second-order valence-corrected chi connectivity index (χ2v) is 6.62. The minimum Gasteiger partial charge on any atom is -0.381 e. The Bertz CT molecular complexity index is 660. The Balaban J connectivity index is 1.93. The lowest BCUT2D eigenvalue weighted by molar-refractivity contribution is 0.183. The minimum atomic E-state index is -0.322. The summed E-state index contributed by atoms with van der Waals surface area (Å²) in [7, 11) is 0. The van der Waals surface area contributed by atoms with Gasteiger partial charge >= 0.3 is 4.87 Å². The summed E-state index contributed by atoms with van der Waals surface area (Å²) in [6, 6.07) is 2.82. The lowest BCUT2D eigenvalue weighted by atomic mass is 10.1. The van der Waals surface area contributed by atoms with Crippen LogP contribution in [0.1, 0.15) is 12.8 Å². The van der Waals surface area contributed by atoms with E-state index in [-0.39, 0.29) is 10.7 Å². The van der Waals surface area contributed by atoms with Crippen molar-refractivity contribution in [2.24, 2.45) is 5.92 Å². The summed E-state index contributed by atoms with van der Waals surface area (Å²) in [5, 5.41) is 0. The highest BCUT2D eigenvalue weighted by Crippen LogP contribution is 2.28. The normalized spacial score (nSPS) is 19.4. The molecule has 0 saturated carbocycles. The molecule has 1 aliphatic rings. The van der Waals surface area contributed by atoms with E-state index in [0.29, 0.717) is 21.6 Å². The van der Waals surface area contributed by atoms with Crippen molar-refractivity contribution in [2.45, 2.75) is 19.4 Å². The summed E-state index contributed by atoms with van der Waals surface area (Å²) in [6.45, 7) is 2.27. The first-order chi connectivity index (χ1) is 9.15. The van der Waals surface area contributed by atoms with Crippen molar-refractivity contribution in [3.63, 3.8) is 0 Å². The van der Waals surface area contributed by atoms with Gasteiger partial charge in [0, 0.05) is 24.2 Å². The van der Waals surface area contributed by atoms with Gasteiger partial charge in [0.05, 0.1) is 10.2 Å². The van der Waals surface area contributed by atoms with Crippen molar-refractivity contribution < 1.29 is 9.13 Å². The molecule has 0 N–H and O–H groups in total. The number of benzene rings is 1. The van der Waals surface area contributed by atoms with Crippen LogP contribution in [-0.2, 0) is 11.3 Å². The molecular weight excluding hydrogens is 333 g/mol. The summed E-state index contributed by atoms with van der Waals surface area (Å²) in [4.78, 5) is 12.0. The Hall–Kier alpha value is -0.720. The van der Waals surface area contributed by atoms with Crippen LogP contribution in [0.25, 0.3) is 10.2 Å². The number of aromatic nitrogens is 1. The number of fused-ring (bicyclic) bond motifs is 1. The molecule has 1 aliphatic heterocycles. The maximum Gasteiger partial charge on any atom is 0.308 e. The van der Waals surface area contributed by atoms with E-state index >= 15 is 0 Å². The van der Waals surface area contributed by atoms with E-state index in [1.807, 2.05) is 0 Å². The third-order valence-electron chi connectivity index (χ3n) is 3.47. The summed E-state index contributed by atoms with van der Waals surface area (Å²) in [6.07, 6.45) is 1.99. The van der Waals surface area contributed by atoms with E-state index in [1.54, 1.807) is 4.57 Å². The predicted molar refractivity (Wildman–Crippen MR) is 77.3 cm³/mol. The molecule has 0 aliphatic carbocycles. The van der Waals surface area contributed by atoms with Gasteiger partial charge in [-0.3, -0.25) is 9.36 Å². The molecule has 0 radical (unpaired) electrons. The van der Waals surface area contributed by atoms with Crippen LogP contribution in [0.2, 0.25) is 0 Å². The van der Waals surface area contributed by atoms with Crippen molar-refractivity contribution in [1.82, 2.24) is 4.57 Å². The molecule has 2 aromatic rings. The van der Waals surface area contributed by atoms with E-state index in [1.165, 1.54) is 12.1 Å². The third kappa shape index (κ3) is 2.61. The van der Waals surface area contributed by atoms with Crippen LogP contribution >= 0.6 is 27.3 Å². The third-order valence-corrected chi connectivity index (χ3v) is 5.00. The first-order valence-electron chi connectivity index (χ1n) is 6.21. The first kappa shape index (κ1) is 13.3. The SMILES string of the molecule is O=c1sc2cc(F)cc(Br)c2n1CCC1CCOC1. The molecule has 2 heterocycles. The van der Waals surface area contributed by atoms with E-state index < -0.39 is 0 Å². The number of halogens is 2. The largest absolute Gasteiger partial charge is 0.381 e. The molecule has 19 heavy (non-hydrogen) atoms. The van der Waals surface area contributed by atoms with Crippen LogP contribution in [0.5, 0.6) is 0 Å². The number of nitrogens with zero attached hydrogens (tertiary/aromatic N) is 1. The number of hydrogen-bond donors (Lipinski definition) is 0. The van der Waals surface area contributed by atoms with E-state index in [0.717, 1.165) is 42.9 Å². The molecular formula is C13H13BrFNO2S. The number of thiazole rings is 1. The molecule has 0 bridgehead atoms. The number of hydrogen-bond acceptors (Lipinski definition) is 3. The highest BCUT2D eigenvalue weighted by Gasteiger charge is 2.18. The van der Waals surface area contributed by atoms with Gasteiger partial charge in [0.1, 0.15) is 5.82 Å². The van der Waals surface area contributed by atoms with E-state index in [9.17, 15) is 9.18 Å². The van der Waals surface area contributed by atoms with Crippen molar-refractivity contribution in [2.75, 3.05) is 13.2 Å². The van der Waals surface area contributed by atoms with Crippen LogP contribution in [-0.4, -0.2) is 17.8 Å². The molecule has 1 aromatic heterocycles. The molecule has 1 unspecified atom stereocenters. The number of ether oxygens (including phenoxy) is 1. The van der Waals surface area contributed by atoms with Gasteiger partial charge in [0.15, 0.2) is 0 Å². The van der Waals surface area contributed by atoms with E-state index in [4.69, 9.17) is 4.74 Å². The van der Waals surface area contributed by atoms with Gasteiger partial charge in [0.25, 0.3) is 0 Å². The van der Waals surface area contributed by atoms with E-state index in [2.05, 4.69) is 15.9 Å². The molecule has 3 nitrogen and oxygen atoms in total. The molecule has 1 atom stereocenters. The summed E-state index contributed by atoms with van der Waals surface area (Å²) < 4.78 is 21.7. The van der Waals surface area contributed by atoms with Crippen LogP contribution in [0.3, 0.4) is 0 Å². The summed E-state index contributed by atoms with van der Waals surface area (Å²) in [5.41, 5.74) is 0.801. The molecule has 6 heteroatoms. The average molecular weight is 346 g/mol. The monoisotopic (exact) mass is 345 g/mol. The fourth-order valence-corrected chi connectivity index (χ4v) is 4.20. The second-order valence-electron chi connectivity index (χ2n) is 4.77. The highest BCUT2D eigenvalue weighted by molar-refractivity contribution is 9.10.